The highest BCUT2D eigenvalue weighted by molar-refractivity contribution is 5.06. The van der Waals surface area contributed by atoms with E-state index in [9.17, 15) is 0 Å². The smallest absolute Gasteiger partial charge is 0.0318 e. The Morgan fingerprint density at radius 1 is 1.31 bits per heavy atom. The zero-order valence-electron chi connectivity index (χ0n) is 9.31. The van der Waals surface area contributed by atoms with E-state index in [1.165, 1.54) is 51.4 Å². The third-order valence-electron chi connectivity index (χ3n) is 3.29. The van der Waals surface area contributed by atoms with Crippen LogP contribution in [0.1, 0.15) is 65.2 Å². The third kappa shape index (κ3) is 3.97. The molecule has 1 atom stereocenters. The van der Waals surface area contributed by atoms with Crippen LogP contribution in [-0.4, -0.2) is 0 Å². The molecule has 1 unspecified atom stereocenters. The van der Waals surface area contributed by atoms with E-state index in [4.69, 9.17) is 0 Å². The molecule has 0 spiro atoms. The summed E-state index contributed by atoms with van der Waals surface area (Å²) in [5.41, 5.74) is 1.75. The largest absolute Gasteiger partial charge is 0.0851 e. The Morgan fingerprint density at radius 3 is 2.69 bits per heavy atom. The quantitative estimate of drug-likeness (QED) is 0.425. The highest BCUT2D eigenvalue weighted by Crippen LogP contribution is 2.28. The monoisotopic (exact) mass is 180 g/mol. The molecule has 0 heterocycles. The summed E-state index contributed by atoms with van der Waals surface area (Å²) < 4.78 is 0. The molecule has 0 radical (unpaired) electrons. The van der Waals surface area contributed by atoms with Gasteiger partial charge in [-0.2, -0.15) is 0 Å². The first-order valence-electron chi connectivity index (χ1n) is 6.04. The summed E-state index contributed by atoms with van der Waals surface area (Å²) >= 11 is 0. The van der Waals surface area contributed by atoms with Crippen LogP contribution in [0.25, 0.3) is 0 Å². The Labute approximate surface area is 83.4 Å². The number of allylic oxidation sites excluding steroid dienone is 2. The second kappa shape index (κ2) is 6.23. The van der Waals surface area contributed by atoms with Gasteiger partial charge in [-0.3, -0.25) is 0 Å². The maximum atomic E-state index is 2.52. The van der Waals surface area contributed by atoms with E-state index in [1.807, 2.05) is 0 Å². The lowest BCUT2D eigenvalue weighted by atomic mass is 9.86. The van der Waals surface area contributed by atoms with Crippen LogP contribution in [0.15, 0.2) is 11.6 Å². The first-order chi connectivity index (χ1) is 6.36. The second-order valence-electron chi connectivity index (χ2n) is 4.37. The molecule has 0 bridgehead atoms. The highest BCUT2D eigenvalue weighted by Gasteiger charge is 2.11. The summed E-state index contributed by atoms with van der Waals surface area (Å²) in [5, 5.41) is 0. The van der Waals surface area contributed by atoms with Gasteiger partial charge < -0.3 is 0 Å². The molecule has 0 aliphatic heterocycles. The SMILES string of the molecule is CCCCCC1=CCC(CC)CC1. The van der Waals surface area contributed by atoms with Crippen LogP contribution in [-0.2, 0) is 0 Å². The van der Waals surface area contributed by atoms with Gasteiger partial charge in [0.15, 0.2) is 0 Å². The summed E-state index contributed by atoms with van der Waals surface area (Å²) in [7, 11) is 0. The molecule has 0 amide bonds. The van der Waals surface area contributed by atoms with Crippen LogP contribution in [0.2, 0.25) is 0 Å². The van der Waals surface area contributed by atoms with E-state index >= 15 is 0 Å². The van der Waals surface area contributed by atoms with Crippen molar-refractivity contribution in [2.24, 2.45) is 5.92 Å². The fourth-order valence-electron chi connectivity index (χ4n) is 2.14. The Balaban J connectivity index is 2.17. The average Bonchev–Trinajstić information content (AvgIpc) is 2.19. The predicted molar refractivity (Wildman–Crippen MR) is 59.9 cm³/mol. The molecule has 0 aromatic rings. The topological polar surface area (TPSA) is 0 Å². The highest BCUT2D eigenvalue weighted by atomic mass is 14.2. The minimum Gasteiger partial charge on any atom is -0.0851 e. The second-order valence-corrected chi connectivity index (χ2v) is 4.37. The number of hydrogen-bond donors (Lipinski definition) is 0. The van der Waals surface area contributed by atoms with Crippen LogP contribution in [0.5, 0.6) is 0 Å². The van der Waals surface area contributed by atoms with E-state index in [1.54, 1.807) is 5.57 Å². The van der Waals surface area contributed by atoms with Crippen LogP contribution in [0, 0.1) is 5.92 Å². The molecule has 76 valence electrons. The van der Waals surface area contributed by atoms with E-state index in [2.05, 4.69) is 19.9 Å². The molecule has 0 saturated carbocycles. The minimum absolute atomic E-state index is 0.995. The molecule has 0 N–H and O–H groups in total. The Bertz CT molecular complexity index is 155. The molecule has 1 aliphatic carbocycles. The molecule has 1 rings (SSSR count). The number of rotatable bonds is 5. The van der Waals surface area contributed by atoms with Gasteiger partial charge >= 0.3 is 0 Å². The van der Waals surface area contributed by atoms with Gasteiger partial charge in [-0.05, 0) is 38.0 Å². The van der Waals surface area contributed by atoms with Gasteiger partial charge in [-0.15, -0.1) is 0 Å². The first-order valence-corrected chi connectivity index (χ1v) is 6.04. The fraction of sp³-hybridized carbons (Fsp3) is 0.846. The normalized spacial score (nSPS) is 22.9. The van der Waals surface area contributed by atoms with Gasteiger partial charge in [-0.1, -0.05) is 44.8 Å². The Hall–Kier alpha value is -0.260. The maximum Gasteiger partial charge on any atom is -0.0318 e. The van der Waals surface area contributed by atoms with Crippen molar-refractivity contribution >= 4 is 0 Å². The summed E-state index contributed by atoms with van der Waals surface area (Å²) in [5.74, 6) is 0.995. The van der Waals surface area contributed by atoms with Crippen molar-refractivity contribution in [3.05, 3.63) is 11.6 Å². The molecule has 0 nitrogen and oxygen atoms in total. The molecule has 1 aliphatic rings. The van der Waals surface area contributed by atoms with Gasteiger partial charge in [0, 0.05) is 0 Å². The van der Waals surface area contributed by atoms with Crippen molar-refractivity contribution in [1.29, 1.82) is 0 Å². The molecule has 0 heteroatoms. The minimum atomic E-state index is 0.995. The molecule has 0 fully saturated rings. The molecule has 0 saturated heterocycles. The summed E-state index contributed by atoms with van der Waals surface area (Å²) in [4.78, 5) is 0. The van der Waals surface area contributed by atoms with Crippen LogP contribution in [0.3, 0.4) is 0 Å². The van der Waals surface area contributed by atoms with E-state index in [0.717, 1.165) is 5.92 Å². The molecular weight excluding hydrogens is 156 g/mol. The van der Waals surface area contributed by atoms with Gasteiger partial charge in [0.05, 0.1) is 0 Å². The van der Waals surface area contributed by atoms with Crippen molar-refractivity contribution < 1.29 is 0 Å². The van der Waals surface area contributed by atoms with Crippen LogP contribution >= 0.6 is 0 Å². The van der Waals surface area contributed by atoms with Crippen molar-refractivity contribution in [1.82, 2.24) is 0 Å². The third-order valence-corrected chi connectivity index (χ3v) is 3.29. The zero-order chi connectivity index (χ0) is 9.52. The van der Waals surface area contributed by atoms with Crippen LogP contribution in [0.4, 0.5) is 0 Å². The van der Waals surface area contributed by atoms with Gasteiger partial charge in [0.2, 0.25) is 0 Å². The number of hydrogen-bond acceptors (Lipinski definition) is 0. The van der Waals surface area contributed by atoms with Crippen molar-refractivity contribution in [3.8, 4) is 0 Å². The summed E-state index contributed by atoms with van der Waals surface area (Å²) in [6.07, 6.45) is 13.7. The van der Waals surface area contributed by atoms with Crippen molar-refractivity contribution in [2.45, 2.75) is 65.2 Å². The lowest BCUT2D eigenvalue weighted by molar-refractivity contribution is 0.448. The average molecular weight is 180 g/mol. The predicted octanol–water partition coefficient (Wildman–Crippen LogP) is 4.70. The van der Waals surface area contributed by atoms with E-state index in [0.29, 0.717) is 0 Å². The molecule has 0 aromatic carbocycles. The zero-order valence-corrected chi connectivity index (χ0v) is 9.31. The van der Waals surface area contributed by atoms with Crippen LogP contribution < -0.4 is 0 Å². The van der Waals surface area contributed by atoms with Crippen molar-refractivity contribution in [3.63, 3.8) is 0 Å². The molecular formula is C13H24. The maximum absolute atomic E-state index is 2.52. The van der Waals surface area contributed by atoms with Crippen molar-refractivity contribution in [2.75, 3.05) is 0 Å². The van der Waals surface area contributed by atoms with Gasteiger partial charge in [0.1, 0.15) is 0 Å². The van der Waals surface area contributed by atoms with E-state index < -0.39 is 0 Å². The lowest BCUT2D eigenvalue weighted by Gasteiger charge is -2.20. The first kappa shape index (κ1) is 10.8. The summed E-state index contributed by atoms with van der Waals surface area (Å²) in [6, 6.07) is 0. The fourth-order valence-corrected chi connectivity index (χ4v) is 2.14. The molecule has 0 aromatic heterocycles. The molecule has 13 heavy (non-hydrogen) atoms. The standard InChI is InChI=1S/C13H24/c1-3-5-6-7-13-10-8-12(4-2)9-11-13/h10,12H,3-9,11H2,1-2H3. The Kier molecular flexibility index (Phi) is 5.19. The number of unbranched alkanes of at least 4 members (excludes halogenated alkanes) is 2. The lowest BCUT2D eigenvalue weighted by Crippen LogP contribution is -2.04. The Morgan fingerprint density at radius 2 is 2.15 bits per heavy atom. The van der Waals surface area contributed by atoms with Gasteiger partial charge in [-0.25, -0.2) is 0 Å². The van der Waals surface area contributed by atoms with Gasteiger partial charge in [0.25, 0.3) is 0 Å². The van der Waals surface area contributed by atoms with E-state index in [-0.39, 0.29) is 0 Å². The summed E-state index contributed by atoms with van der Waals surface area (Å²) in [6.45, 7) is 4.60.